The van der Waals surface area contributed by atoms with Crippen molar-refractivity contribution in [3.63, 3.8) is 0 Å². The molecule has 0 fully saturated rings. The van der Waals surface area contributed by atoms with Gasteiger partial charge in [-0.05, 0) is 51.3 Å². The van der Waals surface area contributed by atoms with Crippen LogP contribution in [0.1, 0.15) is 21.6 Å². The van der Waals surface area contributed by atoms with Crippen molar-refractivity contribution in [1.29, 1.82) is 0 Å². The minimum atomic E-state index is -0.496. The predicted octanol–water partition coefficient (Wildman–Crippen LogP) is 3.07. The van der Waals surface area contributed by atoms with E-state index >= 15 is 0 Å². The molecule has 0 aliphatic carbocycles. The molecule has 1 heterocycles. The summed E-state index contributed by atoms with van der Waals surface area (Å²) in [6.07, 6.45) is 3.08. The summed E-state index contributed by atoms with van der Waals surface area (Å²) in [6, 6.07) is 12.4. The van der Waals surface area contributed by atoms with Gasteiger partial charge in [0.15, 0.2) is 5.69 Å². The van der Waals surface area contributed by atoms with Crippen LogP contribution in [-0.4, -0.2) is 31.9 Å². The summed E-state index contributed by atoms with van der Waals surface area (Å²) in [5.41, 5.74) is 4.07. The fraction of sp³-hybridized carbons (Fsp3) is 0.0556. The highest BCUT2D eigenvalue weighted by atomic mass is 79.9. The van der Waals surface area contributed by atoms with Gasteiger partial charge in [-0.15, -0.1) is 0 Å². The van der Waals surface area contributed by atoms with Gasteiger partial charge in [0.1, 0.15) is 5.75 Å². The van der Waals surface area contributed by atoms with Gasteiger partial charge in [-0.2, -0.15) is 10.2 Å². The van der Waals surface area contributed by atoms with E-state index in [2.05, 4.69) is 31.6 Å². The molecule has 10 heteroatoms. The number of phenols is 1. The fourth-order valence-electron chi connectivity index (χ4n) is 2.32. The summed E-state index contributed by atoms with van der Waals surface area (Å²) in [4.78, 5) is 22.5. The molecule has 0 aliphatic rings. The highest BCUT2D eigenvalue weighted by Crippen LogP contribution is 2.17. The number of aromatic nitrogens is 2. The third-order valence-electron chi connectivity index (χ3n) is 3.70. The van der Waals surface area contributed by atoms with Gasteiger partial charge in [-0.1, -0.05) is 12.1 Å². The number of hydrazone groups is 1. The normalized spacial score (nSPS) is 10.9. The summed E-state index contributed by atoms with van der Waals surface area (Å²) in [5, 5.41) is 28.0. The van der Waals surface area contributed by atoms with E-state index in [0.29, 0.717) is 16.6 Å². The smallest absolute Gasteiger partial charge is 0.293 e. The maximum atomic E-state index is 12.2. The van der Waals surface area contributed by atoms with Crippen LogP contribution in [0.5, 0.6) is 5.75 Å². The molecule has 2 N–H and O–H groups in total. The average molecular weight is 444 g/mol. The Balaban J connectivity index is 1.64. The van der Waals surface area contributed by atoms with E-state index in [1.54, 1.807) is 35.1 Å². The van der Waals surface area contributed by atoms with Gasteiger partial charge in [0.2, 0.25) is 0 Å². The molecule has 0 spiro atoms. The molecule has 0 radical (unpaired) electrons. The zero-order chi connectivity index (χ0) is 20.1. The van der Waals surface area contributed by atoms with Crippen LogP contribution in [0.15, 0.2) is 64.3 Å². The number of phenolic OH excluding ortho intramolecular Hbond substituents is 1. The Morgan fingerprint density at radius 2 is 1.93 bits per heavy atom. The molecule has 3 rings (SSSR count). The van der Waals surface area contributed by atoms with Crippen molar-refractivity contribution in [3.8, 4) is 5.75 Å². The lowest BCUT2D eigenvalue weighted by molar-refractivity contribution is -0.384. The number of non-ortho nitro benzene ring substituents is 1. The van der Waals surface area contributed by atoms with E-state index in [1.165, 1.54) is 30.5 Å². The number of hydrogen-bond acceptors (Lipinski definition) is 6. The lowest BCUT2D eigenvalue weighted by Gasteiger charge is -2.01. The number of amides is 1. The van der Waals surface area contributed by atoms with E-state index in [1.807, 2.05) is 0 Å². The Kier molecular flexibility index (Phi) is 5.80. The zero-order valence-electron chi connectivity index (χ0n) is 14.3. The van der Waals surface area contributed by atoms with Crippen molar-refractivity contribution < 1.29 is 14.8 Å². The number of rotatable bonds is 6. The van der Waals surface area contributed by atoms with E-state index in [4.69, 9.17) is 0 Å². The maximum Gasteiger partial charge on any atom is 0.293 e. The number of halogens is 1. The second-order valence-corrected chi connectivity index (χ2v) is 6.59. The quantitative estimate of drug-likeness (QED) is 0.344. The monoisotopic (exact) mass is 443 g/mol. The molecule has 1 aromatic heterocycles. The standard InChI is InChI=1S/C18H14BrN5O4/c19-16-11-23(10-13-1-5-14(6-2-13)24(27)28)22-17(16)18(26)21-20-9-12-3-7-15(25)8-4-12/h1-9,11,25H,10H2,(H,21,26)/b20-9+. The highest BCUT2D eigenvalue weighted by molar-refractivity contribution is 9.10. The first-order valence-electron chi connectivity index (χ1n) is 8.01. The number of hydrogen-bond donors (Lipinski definition) is 2. The second-order valence-electron chi connectivity index (χ2n) is 5.74. The highest BCUT2D eigenvalue weighted by Gasteiger charge is 2.15. The Hall–Kier alpha value is -3.53. The van der Waals surface area contributed by atoms with E-state index in [0.717, 1.165) is 5.56 Å². The van der Waals surface area contributed by atoms with Gasteiger partial charge < -0.3 is 5.11 Å². The summed E-state index contributed by atoms with van der Waals surface area (Å²) in [7, 11) is 0. The second kappa shape index (κ2) is 8.44. The third kappa shape index (κ3) is 4.80. The van der Waals surface area contributed by atoms with E-state index in [9.17, 15) is 20.0 Å². The lowest BCUT2D eigenvalue weighted by Crippen LogP contribution is -2.19. The molecule has 0 bridgehead atoms. The topological polar surface area (TPSA) is 123 Å². The number of nitrogens with one attached hydrogen (secondary N) is 1. The van der Waals surface area contributed by atoms with Crippen LogP contribution in [0.3, 0.4) is 0 Å². The average Bonchev–Trinajstić information content (AvgIpc) is 3.04. The number of carbonyl (C=O) groups excluding carboxylic acids is 1. The number of aromatic hydroxyl groups is 1. The zero-order valence-corrected chi connectivity index (χ0v) is 15.9. The van der Waals surface area contributed by atoms with Gasteiger partial charge in [0.05, 0.1) is 22.2 Å². The van der Waals surface area contributed by atoms with Crippen LogP contribution in [0.2, 0.25) is 0 Å². The first kappa shape index (κ1) is 19.2. The molecule has 0 aliphatic heterocycles. The molecule has 1 amide bonds. The number of nitrogens with zero attached hydrogens (tertiary/aromatic N) is 4. The largest absolute Gasteiger partial charge is 0.508 e. The molecule has 0 saturated heterocycles. The van der Waals surface area contributed by atoms with Crippen LogP contribution in [0.4, 0.5) is 5.69 Å². The predicted molar refractivity (Wildman–Crippen MR) is 105 cm³/mol. The molecule has 9 nitrogen and oxygen atoms in total. The van der Waals surface area contributed by atoms with Crippen molar-refractivity contribution in [1.82, 2.24) is 15.2 Å². The number of nitro benzene ring substituents is 1. The number of nitro groups is 1. The maximum absolute atomic E-state index is 12.2. The van der Waals surface area contributed by atoms with Gasteiger partial charge in [0, 0.05) is 18.3 Å². The number of carbonyl (C=O) groups is 1. The molecule has 0 unspecified atom stereocenters. The molecule has 2 aromatic carbocycles. The molecule has 0 saturated carbocycles. The Morgan fingerprint density at radius 3 is 2.57 bits per heavy atom. The van der Waals surface area contributed by atoms with Crippen molar-refractivity contribution in [3.05, 3.63) is 86.1 Å². The summed E-state index contributed by atoms with van der Waals surface area (Å²) in [5.74, 6) is -0.354. The van der Waals surface area contributed by atoms with Gasteiger partial charge in [-0.25, -0.2) is 5.43 Å². The molecule has 0 atom stereocenters. The molecular weight excluding hydrogens is 430 g/mol. The Bertz CT molecular complexity index is 1030. The minimum absolute atomic E-state index is 0.0111. The Morgan fingerprint density at radius 1 is 1.25 bits per heavy atom. The number of benzene rings is 2. The van der Waals surface area contributed by atoms with Crippen LogP contribution in [-0.2, 0) is 6.54 Å². The SMILES string of the molecule is O=C(N/N=C/c1ccc(O)cc1)c1nn(Cc2ccc([N+](=O)[O-])cc2)cc1Br. The third-order valence-corrected chi connectivity index (χ3v) is 4.28. The lowest BCUT2D eigenvalue weighted by atomic mass is 10.2. The van der Waals surface area contributed by atoms with Gasteiger partial charge >= 0.3 is 0 Å². The first-order chi connectivity index (χ1) is 13.4. The van der Waals surface area contributed by atoms with Crippen molar-refractivity contribution in [2.45, 2.75) is 6.54 Å². The Labute approximate surface area is 167 Å². The van der Waals surface area contributed by atoms with Crippen molar-refractivity contribution in [2.24, 2.45) is 5.10 Å². The van der Waals surface area contributed by atoms with Crippen molar-refractivity contribution >= 4 is 33.7 Å². The summed E-state index contributed by atoms with van der Waals surface area (Å²) in [6.45, 7) is 0.348. The molecular formula is C18H14BrN5O4. The van der Waals surface area contributed by atoms with Crippen molar-refractivity contribution in [2.75, 3.05) is 0 Å². The summed E-state index contributed by atoms with van der Waals surface area (Å²) >= 11 is 3.29. The fourth-order valence-corrected chi connectivity index (χ4v) is 2.82. The van der Waals surface area contributed by atoms with Crippen LogP contribution in [0.25, 0.3) is 0 Å². The molecule has 28 heavy (non-hydrogen) atoms. The van der Waals surface area contributed by atoms with Crippen LogP contribution in [0, 0.1) is 10.1 Å². The summed E-state index contributed by atoms with van der Waals surface area (Å²) < 4.78 is 2.04. The minimum Gasteiger partial charge on any atom is -0.508 e. The van der Waals surface area contributed by atoms with Crippen LogP contribution < -0.4 is 5.43 Å². The van der Waals surface area contributed by atoms with E-state index in [-0.39, 0.29) is 17.1 Å². The van der Waals surface area contributed by atoms with Crippen LogP contribution >= 0.6 is 15.9 Å². The van der Waals surface area contributed by atoms with Gasteiger partial charge in [-0.3, -0.25) is 19.6 Å². The van der Waals surface area contributed by atoms with Gasteiger partial charge in [0.25, 0.3) is 11.6 Å². The molecule has 142 valence electrons. The van der Waals surface area contributed by atoms with E-state index < -0.39 is 10.8 Å². The molecule has 3 aromatic rings. The first-order valence-corrected chi connectivity index (χ1v) is 8.80.